The molecule has 0 N–H and O–H groups in total. The van der Waals surface area contributed by atoms with Crippen LogP contribution in [0.15, 0.2) is 22.8 Å². The summed E-state index contributed by atoms with van der Waals surface area (Å²) in [6.07, 6.45) is 9.46. The van der Waals surface area contributed by atoms with Crippen molar-refractivity contribution in [2.75, 3.05) is 0 Å². The van der Waals surface area contributed by atoms with Gasteiger partial charge in [-0.25, -0.2) is 0 Å². The molecule has 2 atom stereocenters. The van der Waals surface area contributed by atoms with Gasteiger partial charge in [0, 0.05) is 5.03 Å². The molecule has 1 heteroatoms. The zero-order chi connectivity index (χ0) is 10.1. The molecule has 78 valence electrons. The molecule has 0 heterocycles. The zero-order valence-corrected chi connectivity index (χ0v) is 9.85. The van der Waals surface area contributed by atoms with E-state index in [4.69, 9.17) is 11.6 Å². The summed E-state index contributed by atoms with van der Waals surface area (Å²) < 4.78 is 0. The highest BCUT2D eigenvalue weighted by atomic mass is 35.5. The van der Waals surface area contributed by atoms with Crippen LogP contribution in [0.4, 0.5) is 0 Å². The topological polar surface area (TPSA) is 0 Å². The van der Waals surface area contributed by atoms with E-state index in [0.29, 0.717) is 0 Å². The highest BCUT2D eigenvalue weighted by molar-refractivity contribution is 6.29. The van der Waals surface area contributed by atoms with Crippen molar-refractivity contribution >= 4 is 11.6 Å². The summed E-state index contributed by atoms with van der Waals surface area (Å²) in [7, 11) is 0. The van der Waals surface area contributed by atoms with Gasteiger partial charge < -0.3 is 0 Å². The first kappa shape index (κ1) is 10.3. The zero-order valence-electron chi connectivity index (χ0n) is 9.09. The van der Waals surface area contributed by atoms with E-state index in [2.05, 4.69) is 26.0 Å². The maximum atomic E-state index is 5.96. The van der Waals surface area contributed by atoms with Gasteiger partial charge in [-0.3, -0.25) is 0 Å². The van der Waals surface area contributed by atoms with E-state index in [0.717, 1.165) is 29.2 Å². The number of halogens is 1. The molecule has 0 nitrogen and oxygen atoms in total. The van der Waals surface area contributed by atoms with E-state index in [1.165, 1.54) is 19.3 Å². The number of rotatable bonds is 3. The standard InChI is InChI=1S/C13H19Cl/c1-9(11-3-4-11)10(2)12-5-7-13(14)8-6-12/h5,7,9-11H,3-4,6,8H2,1-2H3. The van der Waals surface area contributed by atoms with Crippen LogP contribution in [0.25, 0.3) is 0 Å². The highest BCUT2D eigenvalue weighted by Gasteiger charge is 2.32. The van der Waals surface area contributed by atoms with Crippen LogP contribution >= 0.6 is 11.6 Å². The molecular weight excluding hydrogens is 192 g/mol. The minimum Gasteiger partial charge on any atom is -0.0891 e. The van der Waals surface area contributed by atoms with Gasteiger partial charge in [0.1, 0.15) is 0 Å². The Balaban J connectivity index is 2.00. The van der Waals surface area contributed by atoms with Crippen molar-refractivity contribution in [3.63, 3.8) is 0 Å². The van der Waals surface area contributed by atoms with Gasteiger partial charge in [0.2, 0.25) is 0 Å². The molecule has 0 saturated heterocycles. The Morgan fingerprint density at radius 1 is 1.21 bits per heavy atom. The predicted octanol–water partition coefficient (Wildman–Crippen LogP) is 4.51. The number of hydrogen-bond donors (Lipinski definition) is 0. The Hall–Kier alpha value is -0.230. The maximum Gasteiger partial charge on any atom is 0.0184 e. The first-order valence-electron chi connectivity index (χ1n) is 5.73. The van der Waals surface area contributed by atoms with Gasteiger partial charge in [0.15, 0.2) is 0 Å². The Morgan fingerprint density at radius 3 is 2.43 bits per heavy atom. The average molecular weight is 211 g/mol. The minimum absolute atomic E-state index is 0.753. The Labute approximate surface area is 92.0 Å². The molecule has 2 rings (SSSR count). The monoisotopic (exact) mass is 210 g/mol. The summed E-state index contributed by atoms with van der Waals surface area (Å²) in [6.45, 7) is 4.78. The molecule has 0 spiro atoms. The molecule has 2 aliphatic rings. The summed E-state index contributed by atoms with van der Waals surface area (Å²) in [5, 5.41) is 1.01. The molecule has 0 bridgehead atoms. The largest absolute Gasteiger partial charge is 0.0891 e. The van der Waals surface area contributed by atoms with Crippen molar-refractivity contribution in [3.8, 4) is 0 Å². The van der Waals surface area contributed by atoms with E-state index in [-0.39, 0.29) is 0 Å². The number of allylic oxidation sites excluding steroid dienone is 4. The second-order valence-corrected chi connectivity index (χ2v) is 5.33. The quantitative estimate of drug-likeness (QED) is 0.643. The molecule has 0 aromatic rings. The van der Waals surface area contributed by atoms with E-state index in [9.17, 15) is 0 Å². The lowest BCUT2D eigenvalue weighted by Gasteiger charge is -2.24. The average Bonchev–Trinajstić information content (AvgIpc) is 3.00. The molecular formula is C13H19Cl. The summed E-state index contributed by atoms with van der Waals surface area (Å²) in [6, 6.07) is 0. The summed E-state index contributed by atoms with van der Waals surface area (Å²) >= 11 is 5.96. The lowest BCUT2D eigenvalue weighted by molar-refractivity contribution is 0.382. The van der Waals surface area contributed by atoms with Crippen molar-refractivity contribution in [1.29, 1.82) is 0 Å². The van der Waals surface area contributed by atoms with Gasteiger partial charge >= 0.3 is 0 Å². The lowest BCUT2D eigenvalue weighted by Crippen LogP contribution is -2.13. The van der Waals surface area contributed by atoms with Crippen LogP contribution in [-0.4, -0.2) is 0 Å². The second kappa shape index (κ2) is 4.10. The Bertz CT molecular complexity index is 271. The van der Waals surface area contributed by atoms with Gasteiger partial charge in [0.25, 0.3) is 0 Å². The molecule has 0 aromatic heterocycles. The van der Waals surface area contributed by atoms with Crippen molar-refractivity contribution < 1.29 is 0 Å². The van der Waals surface area contributed by atoms with Crippen molar-refractivity contribution in [3.05, 3.63) is 22.8 Å². The minimum atomic E-state index is 0.753. The van der Waals surface area contributed by atoms with Crippen LogP contribution in [0.5, 0.6) is 0 Å². The van der Waals surface area contributed by atoms with Crippen molar-refractivity contribution in [2.24, 2.45) is 17.8 Å². The molecule has 0 radical (unpaired) electrons. The first-order chi connectivity index (χ1) is 6.68. The molecule has 2 aliphatic carbocycles. The van der Waals surface area contributed by atoms with Gasteiger partial charge in [-0.2, -0.15) is 0 Å². The third-order valence-corrected chi connectivity index (χ3v) is 4.18. The molecule has 14 heavy (non-hydrogen) atoms. The lowest BCUT2D eigenvalue weighted by atomic mass is 9.82. The third kappa shape index (κ3) is 2.23. The van der Waals surface area contributed by atoms with Gasteiger partial charge in [-0.15, -0.1) is 0 Å². The Kier molecular flexibility index (Phi) is 3.02. The van der Waals surface area contributed by atoms with E-state index < -0.39 is 0 Å². The summed E-state index contributed by atoms with van der Waals surface area (Å²) in [4.78, 5) is 0. The fourth-order valence-corrected chi connectivity index (χ4v) is 2.53. The smallest absolute Gasteiger partial charge is 0.0184 e. The molecule has 0 aromatic carbocycles. The van der Waals surface area contributed by atoms with Crippen molar-refractivity contribution in [1.82, 2.24) is 0 Å². The second-order valence-electron chi connectivity index (χ2n) is 4.84. The van der Waals surface area contributed by atoms with Crippen LogP contribution in [0, 0.1) is 17.8 Å². The van der Waals surface area contributed by atoms with Crippen LogP contribution in [0.1, 0.15) is 39.5 Å². The van der Waals surface area contributed by atoms with Crippen LogP contribution in [0.3, 0.4) is 0 Å². The fourth-order valence-electron chi connectivity index (χ4n) is 2.38. The van der Waals surface area contributed by atoms with Crippen molar-refractivity contribution in [2.45, 2.75) is 39.5 Å². The van der Waals surface area contributed by atoms with E-state index >= 15 is 0 Å². The summed E-state index contributed by atoms with van der Waals surface area (Å²) in [5.74, 6) is 2.63. The molecule has 0 aliphatic heterocycles. The van der Waals surface area contributed by atoms with Crippen LogP contribution in [0.2, 0.25) is 0 Å². The normalized spacial score (nSPS) is 26.5. The summed E-state index contributed by atoms with van der Waals surface area (Å²) in [5.41, 5.74) is 1.61. The molecule has 2 unspecified atom stereocenters. The maximum absolute atomic E-state index is 5.96. The molecule has 1 saturated carbocycles. The third-order valence-electron chi connectivity index (χ3n) is 3.87. The van der Waals surface area contributed by atoms with Gasteiger partial charge in [-0.1, -0.05) is 37.1 Å². The Morgan fingerprint density at radius 2 is 1.93 bits per heavy atom. The SMILES string of the molecule is CC(C1=CC=C(Cl)CC1)C(C)C1CC1. The fraction of sp³-hybridized carbons (Fsp3) is 0.692. The van der Waals surface area contributed by atoms with E-state index in [1.54, 1.807) is 5.57 Å². The molecule has 0 amide bonds. The first-order valence-corrected chi connectivity index (χ1v) is 6.11. The number of hydrogen-bond acceptors (Lipinski definition) is 0. The van der Waals surface area contributed by atoms with Gasteiger partial charge in [-0.05, 0) is 49.5 Å². The highest BCUT2D eigenvalue weighted by Crippen LogP contribution is 2.43. The predicted molar refractivity (Wildman–Crippen MR) is 62.3 cm³/mol. The van der Waals surface area contributed by atoms with Crippen LogP contribution < -0.4 is 0 Å². The van der Waals surface area contributed by atoms with Gasteiger partial charge in [0.05, 0.1) is 0 Å². The molecule has 1 fully saturated rings. The van der Waals surface area contributed by atoms with E-state index in [1.807, 2.05) is 0 Å². The van der Waals surface area contributed by atoms with Crippen LogP contribution in [-0.2, 0) is 0 Å².